The first-order valence-corrected chi connectivity index (χ1v) is 19.7. The maximum absolute atomic E-state index is 11.5. The number of para-hydroxylation sites is 1. The quantitative estimate of drug-likeness (QED) is 0.107. The van der Waals surface area contributed by atoms with Gasteiger partial charge in [-0.05, 0) is 116 Å². The molecule has 0 spiro atoms. The molecule has 0 aliphatic carbocycles. The molecule has 2 heterocycles. The molecule has 0 saturated heterocycles. The Morgan fingerprint density at radius 2 is 1.17 bits per heavy atom. The lowest BCUT2D eigenvalue weighted by molar-refractivity contribution is -0.133. The van der Waals surface area contributed by atoms with Crippen LogP contribution in [0.5, 0.6) is 0 Å². The molecule has 0 saturated carbocycles. The third-order valence-corrected chi connectivity index (χ3v) is 7.79. The van der Waals surface area contributed by atoms with Gasteiger partial charge >= 0.3 is 0 Å². The molecule has 58 heavy (non-hydrogen) atoms. The van der Waals surface area contributed by atoms with E-state index in [1.807, 2.05) is 58.2 Å². The van der Waals surface area contributed by atoms with E-state index in [1.165, 1.54) is 58.9 Å². The van der Waals surface area contributed by atoms with Crippen molar-refractivity contribution < 1.29 is 14.4 Å². The number of aryl methyl sites for hydroxylation is 5. The van der Waals surface area contributed by atoms with Gasteiger partial charge in [-0.1, -0.05) is 128 Å². The van der Waals surface area contributed by atoms with Crippen LogP contribution < -0.4 is 0 Å². The van der Waals surface area contributed by atoms with Crippen molar-refractivity contribution in [1.29, 1.82) is 5.41 Å². The van der Waals surface area contributed by atoms with Gasteiger partial charge < -0.3 is 34.8 Å². The largest absolute Gasteiger partial charge is 0.365 e. The molecule has 0 radical (unpaired) electrons. The molecule has 5 rings (SSSR count). The Balaban J connectivity index is -0.000000192. The number of amides is 1. The second-order valence-corrected chi connectivity index (χ2v) is 12.7. The average Bonchev–Trinajstić information content (AvgIpc) is 3.90. The first-order valence-electron chi connectivity index (χ1n) is 19.7. The fraction of sp³-hybridized carbons (Fsp3) is 0.440. The van der Waals surface area contributed by atoms with Crippen LogP contribution >= 0.6 is 0 Å². The minimum atomic E-state index is 0. The van der Waals surface area contributed by atoms with Crippen LogP contribution in [0.1, 0.15) is 105 Å². The zero-order valence-corrected chi connectivity index (χ0v) is 37.0. The van der Waals surface area contributed by atoms with E-state index >= 15 is 0 Å². The lowest BCUT2D eigenvalue weighted by Gasteiger charge is -2.21. The topological polar surface area (TPSA) is 113 Å². The first kappa shape index (κ1) is 62.1. The predicted octanol–water partition coefficient (Wildman–Crippen LogP) is 12.1. The Bertz CT molecular complexity index is 1600. The van der Waals surface area contributed by atoms with Crippen molar-refractivity contribution in [1.82, 2.24) is 19.8 Å². The molecule has 8 nitrogen and oxygen atoms in total. The van der Waals surface area contributed by atoms with E-state index in [0.717, 1.165) is 51.3 Å². The number of benzene rings is 3. The number of carbonyl (C=O) groups is 3. The molecule has 326 valence electrons. The van der Waals surface area contributed by atoms with E-state index in [-0.39, 0.29) is 26.7 Å². The van der Waals surface area contributed by atoms with E-state index < -0.39 is 0 Å². The van der Waals surface area contributed by atoms with Gasteiger partial charge in [-0.3, -0.25) is 4.79 Å². The average molecular weight is 802 g/mol. The van der Waals surface area contributed by atoms with Crippen LogP contribution in [-0.4, -0.2) is 78.7 Å². The lowest BCUT2D eigenvalue weighted by Crippen LogP contribution is -2.36. The van der Waals surface area contributed by atoms with E-state index in [1.54, 1.807) is 11.8 Å². The van der Waals surface area contributed by atoms with Crippen LogP contribution in [-0.2, 0) is 40.1 Å². The molecule has 1 atom stereocenters. The summed E-state index contributed by atoms with van der Waals surface area (Å²) < 4.78 is 0. The lowest BCUT2D eigenvalue weighted by atomic mass is 10.1. The van der Waals surface area contributed by atoms with Gasteiger partial charge in [-0.15, -0.1) is 0 Å². The minimum absolute atomic E-state index is 0. The number of hydrogen-bond acceptors (Lipinski definition) is 5. The van der Waals surface area contributed by atoms with Crippen LogP contribution in [0, 0.1) is 18.3 Å². The van der Waals surface area contributed by atoms with Crippen LogP contribution in [0.15, 0.2) is 103 Å². The van der Waals surface area contributed by atoms with E-state index in [0.29, 0.717) is 0 Å². The molecule has 0 aliphatic rings. The molecule has 0 aliphatic heterocycles. The molecular weight excluding hydrogens is 719 g/mol. The number of nitrogens with zero attached hydrogens (tertiary/aromatic N) is 2. The molecule has 5 aromatic rings. The summed E-state index contributed by atoms with van der Waals surface area (Å²) in [6, 6.07) is 31.6. The molecule has 0 bridgehead atoms. The van der Waals surface area contributed by atoms with Crippen LogP contribution in [0.3, 0.4) is 0 Å². The Morgan fingerprint density at radius 3 is 1.55 bits per heavy atom. The van der Waals surface area contributed by atoms with Gasteiger partial charge in [-0.2, -0.15) is 0 Å². The van der Waals surface area contributed by atoms with Crippen molar-refractivity contribution in [3.63, 3.8) is 0 Å². The summed E-state index contributed by atoms with van der Waals surface area (Å²) in [5.41, 5.74) is 8.12. The van der Waals surface area contributed by atoms with E-state index in [4.69, 9.17) is 15.0 Å². The monoisotopic (exact) mass is 802 g/mol. The summed E-state index contributed by atoms with van der Waals surface area (Å²) in [6.07, 6.45) is 11.3. The second-order valence-electron chi connectivity index (χ2n) is 12.7. The zero-order valence-electron chi connectivity index (χ0n) is 37.0. The minimum Gasteiger partial charge on any atom is -0.365 e. The van der Waals surface area contributed by atoms with Crippen LogP contribution in [0.4, 0.5) is 0 Å². The number of H-pyrrole nitrogens is 2. The molecular formula is C50H83N5O3. The number of aldehydes is 2. The third kappa shape index (κ3) is 33.1. The smallest absolute Gasteiger partial charge is 0.226 e. The normalized spacial score (nSPS) is 9.28. The number of aromatic nitrogens is 2. The van der Waals surface area contributed by atoms with Crippen LogP contribution in [0.2, 0.25) is 0 Å². The molecule has 1 unspecified atom stereocenters. The summed E-state index contributed by atoms with van der Waals surface area (Å²) in [6.45, 7) is 20.9. The first-order chi connectivity index (χ1) is 26.8. The van der Waals surface area contributed by atoms with Crippen molar-refractivity contribution in [3.8, 4) is 0 Å². The van der Waals surface area contributed by atoms with Gasteiger partial charge in [-0.25, -0.2) is 0 Å². The molecule has 8 heteroatoms. The van der Waals surface area contributed by atoms with Crippen molar-refractivity contribution in [3.05, 3.63) is 131 Å². The second kappa shape index (κ2) is 43.1. The Hall–Kier alpha value is -5.08. The molecule has 2 aromatic heterocycles. The van der Waals surface area contributed by atoms with Gasteiger partial charge in [0.25, 0.3) is 0 Å². The van der Waals surface area contributed by atoms with Crippen molar-refractivity contribution in [2.45, 2.75) is 110 Å². The van der Waals surface area contributed by atoms with Crippen LogP contribution in [0.25, 0.3) is 10.9 Å². The summed E-state index contributed by atoms with van der Waals surface area (Å²) in [5.74, 6) is 0.330. The standard InChI is InChI=1S/C10H11N.C9H20N2O.C9H12.C8H10.C6H9N.C2H5N.2C2H4O.2CH4/c1-2-8-7-11-10-6-4-3-5-9(8)10;1-6-11(5)9(12)8(2)7-10(3)4;1-3-9-6-4-8(2)5-7-9;1-2-8-6-4-3-5-7-8;1-2-6-4-3-5-7-6;3*1-2-3;;/h3-7,11H,2H2,1H3;8H,6-7H2,1-5H3;4-7H,3H2,1-2H3;3-7H,2H2,1H3;3-5,7H,2H2,1H3;2-3H,1H3;2*2H,1H3;2*1H4. The summed E-state index contributed by atoms with van der Waals surface area (Å²) >= 11 is 0. The highest BCUT2D eigenvalue weighted by molar-refractivity contribution is 5.83. The van der Waals surface area contributed by atoms with Gasteiger partial charge in [0.2, 0.25) is 5.91 Å². The maximum Gasteiger partial charge on any atom is 0.226 e. The predicted molar refractivity (Wildman–Crippen MR) is 257 cm³/mol. The third-order valence-electron chi connectivity index (χ3n) is 7.79. The van der Waals surface area contributed by atoms with E-state index in [9.17, 15) is 4.79 Å². The fourth-order valence-corrected chi connectivity index (χ4v) is 4.71. The van der Waals surface area contributed by atoms with Gasteiger partial charge in [0, 0.05) is 55.0 Å². The maximum atomic E-state index is 11.5. The molecule has 0 fully saturated rings. The fourth-order valence-electron chi connectivity index (χ4n) is 4.71. The number of aromatic amines is 2. The number of carbonyl (C=O) groups excluding carboxylic acids is 3. The number of fused-ring (bicyclic) bond motifs is 1. The van der Waals surface area contributed by atoms with Gasteiger partial charge in [0.15, 0.2) is 0 Å². The Labute approximate surface area is 355 Å². The molecule has 3 N–H and O–H groups in total. The molecule has 3 aromatic carbocycles. The summed E-state index contributed by atoms with van der Waals surface area (Å²) in [7, 11) is 5.81. The number of hydrogen-bond donors (Lipinski definition) is 3. The van der Waals surface area contributed by atoms with E-state index in [2.05, 4.69) is 130 Å². The highest BCUT2D eigenvalue weighted by Crippen LogP contribution is 2.17. The van der Waals surface area contributed by atoms with Gasteiger partial charge in [0.1, 0.15) is 12.6 Å². The highest BCUT2D eigenvalue weighted by atomic mass is 16.2. The van der Waals surface area contributed by atoms with Crippen molar-refractivity contribution in [2.24, 2.45) is 5.92 Å². The number of rotatable bonds is 8. The van der Waals surface area contributed by atoms with Crippen molar-refractivity contribution in [2.75, 3.05) is 34.2 Å². The highest BCUT2D eigenvalue weighted by Gasteiger charge is 2.16. The van der Waals surface area contributed by atoms with Crippen molar-refractivity contribution >= 4 is 35.6 Å². The Morgan fingerprint density at radius 1 is 0.690 bits per heavy atom. The zero-order chi connectivity index (χ0) is 43.1. The summed E-state index contributed by atoms with van der Waals surface area (Å²) in [4.78, 5) is 39.2. The summed E-state index contributed by atoms with van der Waals surface area (Å²) in [5, 5.41) is 7.44. The Kier molecular flexibility index (Phi) is 46.1. The molecule has 1 amide bonds. The SMILES string of the molecule is C.C.CC=N.CC=O.CC=O.CCN(C)C(=O)C(C)CN(C)C.CCc1c[nH]c2ccccc12.CCc1ccc(C)cc1.CCc1ccc[nH]1.CCc1ccccc1. The number of nitrogens with one attached hydrogen (secondary N) is 3. The van der Waals surface area contributed by atoms with Gasteiger partial charge in [0.05, 0.1) is 0 Å².